The molecule has 2 aliphatic carbocycles. The summed E-state index contributed by atoms with van der Waals surface area (Å²) in [5.41, 5.74) is 9.67. The van der Waals surface area contributed by atoms with Crippen LogP contribution >= 0.6 is 0 Å². The van der Waals surface area contributed by atoms with Gasteiger partial charge in [-0.2, -0.15) is 0 Å². The van der Waals surface area contributed by atoms with E-state index in [-0.39, 0.29) is 22.9 Å². The number of nitrogens with one attached hydrogen (secondary N) is 2. The minimum atomic E-state index is -0.237. The van der Waals surface area contributed by atoms with Gasteiger partial charge in [0.25, 0.3) is 0 Å². The molecule has 2 amide bonds. The molecule has 6 nitrogen and oxygen atoms in total. The highest BCUT2D eigenvalue weighted by molar-refractivity contribution is 5.95. The molecule has 0 radical (unpaired) electrons. The summed E-state index contributed by atoms with van der Waals surface area (Å²) in [4.78, 5) is 36.8. The second-order valence-electron chi connectivity index (χ2n) is 13.8. The van der Waals surface area contributed by atoms with Crippen molar-refractivity contribution in [2.75, 3.05) is 13.1 Å². The molecule has 0 bridgehead atoms. The molecule has 4 aliphatic rings. The van der Waals surface area contributed by atoms with Crippen LogP contribution in [0.2, 0.25) is 0 Å². The molecular weight excluding hydrogens is 568 g/mol. The van der Waals surface area contributed by atoms with Crippen molar-refractivity contribution >= 4 is 33.6 Å². The molecule has 2 atom stereocenters. The summed E-state index contributed by atoms with van der Waals surface area (Å²) in [6, 6.07) is 17.1. The minimum Gasteiger partial charge on any atom is -0.356 e. The summed E-state index contributed by atoms with van der Waals surface area (Å²) in [7, 11) is 0. The molecule has 6 heteroatoms. The maximum Gasteiger partial charge on any atom is 0.247 e. The van der Waals surface area contributed by atoms with Gasteiger partial charge in [0.1, 0.15) is 11.1 Å². The summed E-state index contributed by atoms with van der Waals surface area (Å²) in [5, 5.41) is 2.65. The van der Waals surface area contributed by atoms with E-state index in [1.807, 2.05) is 12.2 Å². The molecule has 2 N–H and O–H groups in total. The fourth-order valence-electron chi connectivity index (χ4n) is 9.05. The zero-order valence-corrected chi connectivity index (χ0v) is 28.0. The van der Waals surface area contributed by atoms with E-state index in [4.69, 9.17) is 0 Å². The maximum absolute atomic E-state index is 12.6. The second kappa shape index (κ2) is 11.9. The topological polar surface area (TPSA) is 72.2 Å². The molecule has 8 rings (SSSR count). The summed E-state index contributed by atoms with van der Waals surface area (Å²) in [6.45, 7) is 10.3. The number of hydrogen-bond donors (Lipinski definition) is 2. The highest BCUT2D eigenvalue weighted by atomic mass is 16.2. The van der Waals surface area contributed by atoms with Crippen molar-refractivity contribution in [3.63, 3.8) is 0 Å². The number of rotatable bonds is 6. The van der Waals surface area contributed by atoms with Gasteiger partial charge in [-0.1, -0.05) is 63.1 Å². The van der Waals surface area contributed by atoms with Crippen LogP contribution in [0.15, 0.2) is 71.8 Å². The predicted molar refractivity (Wildman–Crippen MR) is 187 cm³/mol. The molecule has 0 fully saturated rings. The largest absolute Gasteiger partial charge is 0.356 e. The lowest BCUT2D eigenvalue weighted by Crippen LogP contribution is -2.48. The van der Waals surface area contributed by atoms with Crippen molar-refractivity contribution in [3.05, 3.63) is 94.3 Å². The van der Waals surface area contributed by atoms with Gasteiger partial charge in [-0.25, -0.2) is 0 Å². The number of unbranched alkanes of at least 4 members (excludes halogenated alkanes) is 2. The summed E-state index contributed by atoms with van der Waals surface area (Å²) < 4.78 is 0. The lowest BCUT2D eigenvalue weighted by atomic mass is 9.76. The number of nitrogens with zero attached hydrogens (tertiary/aromatic N) is 2. The Morgan fingerprint density at radius 2 is 1.07 bits per heavy atom. The quantitative estimate of drug-likeness (QED) is 0.228. The maximum atomic E-state index is 12.6. The van der Waals surface area contributed by atoms with E-state index in [1.165, 1.54) is 55.5 Å². The molecule has 0 unspecified atom stereocenters. The highest BCUT2D eigenvalue weighted by Gasteiger charge is 2.51. The zero-order chi connectivity index (χ0) is 32.1. The van der Waals surface area contributed by atoms with Gasteiger partial charge < -0.3 is 19.8 Å². The summed E-state index contributed by atoms with van der Waals surface area (Å²) in [5.74, 6) is 0.366. The average Bonchev–Trinajstić information content (AvgIpc) is 3.76. The van der Waals surface area contributed by atoms with Crippen molar-refractivity contribution in [1.82, 2.24) is 19.8 Å². The zero-order valence-electron chi connectivity index (χ0n) is 28.0. The van der Waals surface area contributed by atoms with E-state index < -0.39 is 0 Å². The highest BCUT2D eigenvalue weighted by Crippen LogP contribution is 2.51. The number of hydrogen-bond acceptors (Lipinski definition) is 2. The summed E-state index contributed by atoms with van der Waals surface area (Å²) >= 11 is 0. The molecular formula is C40H48N4O2. The van der Waals surface area contributed by atoms with Crippen LogP contribution in [0.3, 0.4) is 0 Å². The normalized spacial score (nSPS) is 23.7. The molecule has 240 valence electrons. The van der Waals surface area contributed by atoms with Crippen molar-refractivity contribution in [2.45, 2.75) is 103 Å². The van der Waals surface area contributed by atoms with Crippen molar-refractivity contribution in [1.29, 1.82) is 0 Å². The first kappa shape index (κ1) is 30.6. The SMILES string of the molecule is CCCCN1C(=O)C=C(C)[C@@]12CCCc1c2[nH]c2ccccc12.CCCCN1C(=O)C=C(C)[C@]12CCCc1c2[nH]c2ccccc12. The van der Waals surface area contributed by atoms with E-state index in [1.54, 1.807) is 0 Å². The van der Waals surface area contributed by atoms with Crippen molar-refractivity contribution in [2.24, 2.45) is 0 Å². The van der Waals surface area contributed by atoms with Gasteiger partial charge in [-0.3, -0.25) is 9.59 Å². The molecule has 0 saturated carbocycles. The van der Waals surface area contributed by atoms with Crippen LogP contribution in [0.5, 0.6) is 0 Å². The number of para-hydroxylation sites is 2. The van der Waals surface area contributed by atoms with Crippen LogP contribution in [-0.2, 0) is 33.5 Å². The van der Waals surface area contributed by atoms with Gasteiger partial charge in [0, 0.05) is 58.4 Å². The average molecular weight is 617 g/mol. The number of fused-ring (bicyclic) bond motifs is 8. The number of amides is 2. The van der Waals surface area contributed by atoms with Crippen molar-refractivity contribution < 1.29 is 9.59 Å². The predicted octanol–water partition coefficient (Wildman–Crippen LogP) is 8.58. The molecule has 2 aromatic heterocycles. The molecule has 46 heavy (non-hydrogen) atoms. The van der Waals surface area contributed by atoms with Gasteiger partial charge in [0.05, 0.1) is 0 Å². The van der Waals surface area contributed by atoms with E-state index in [9.17, 15) is 9.59 Å². The first-order valence-electron chi connectivity index (χ1n) is 17.6. The van der Waals surface area contributed by atoms with Gasteiger partial charge in [0.15, 0.2) is 0 Å². The van der Waals surface area contributed by atoms with Gasteiger partial charge in [-0.05, 0) is 99.6 Å². The lowest BCUT2D eigenvalue weighted by Gasteiger charge is -2.43. The summed E-state index contributed by atoms with van der Waals surface area (Å²) in [6.07, 6.45) is 14.6. The Labute approximate surface area is 272 Å². The van der Waals surface area contributed by atoms with Crippen LogP contribution in [0, 0.1) is 0 Å². The van der Waals surface area contributed by atoms with Crippen molar-refractivity contribution in [3.8, 4) is 0 Å². The molecule has 2 aromatic carbocycles. The number of carbonyl (C=O) groups excluding carboxylic acids is 2. The third-order valence-corrected chi connectivity index (χ3v) is 11.3. The second-order valence-corrected chi connectivity index (χ2v) is 13.8. The van der Waals surface area contributed by atoms with E-state index in [0.717, 1.165) is 77.3 Å². The van der Waals surface area contributed by atoms with Gasteiger partial charge in [-0.15, -0.1) is 0 Å². The smallest absolute Gasteiger partial charge is 0.247 e. The van der Waals surface area contributed by atoms with Gasteiger partial charge in [0.2, 0.25) is 11.8 Å². The Balaban J connectivity index is 0.000000147. The lowest BCUT2D eigenvalue weighted by molar-refractivity contribution is -0.130. The number of carbonyl (C=O) groups is 2. The third kappa shape index (κ3) is 4.51. The Hall–Kier alpha value is -4.06. The van der Waals surface area contributed by atoms with E-state index in [0.29, 0.717) is 0 Å². The van der Waals surface area contributed by atoms with Gasteiger partial charge >= 0.3 is 0 Å². The number of aryl methyl sites for hydroxylation is 2. The number of aromatic nitrogens is 2. The fraction of sp³-hybridized carbons (Fsp3) is 0.450. The molecule has 0 saturated heterocycles. The van der Waals surface area contributed by atoms with E-state index in [2.05, 4.69) is 96.0 Å². The fourth-order valence-corrected chi connectivity index (χ4v) is 9.05. The number of aromatic amines is 2. The number of H-pyrrole nitrogens is 2. The standard InChI is InChI=1S/2C20H24N2O/c2*1-3-4-12-22-18(23)13-14(2)20(22)11-7-9-16-15-8-5-6-10-17(15)21-19(16)20/h2*5-6,8,10,13,21H,3-4,7,9,11-12H2,1-2H3/t2*20-/m10/s1. The van der Waals surface area contributed by atoms with Crippen LogP contribution in [-0.4, -0.2) is 44.7 Å². The minimum absolute atomic E-state index is 0.183. The number of benzene rings is 2. The Bertz CT molecular complexity index is 1740. The Kier molecular flexibility index (Phi) is 7.94. The monoisotopic (exact) mass is 616 g/mol. The van der Waals surface area contributed by atoms with E-state index >= 15 is 0 Å². The molecule has 2 spiro atoms. The Morgan fingerprint density at radius 1 is 0.652 bits per heavy atom. The first-order chi connectivity index (χ1) is 22.4. The molecule has 4 heterocycles. The van der Waals surface area contributed by atoms with Crippen LogP contribution in [0.4, 0.5) is 0 Å². The molecule has 2 aliphatic heterocycles. The third-order valence-electron chi connectivity index (χ3n) is 11.3. The van der Waals surface area contributed by atoms with Crippen LogP contribution in [0.25, 0.3) is 21.8 Å². The Morgan fingerprint density at radius 3 is 1.48 bits per heavy atom. The van der Waals surface area contributed by atoms with Crippen LogP contribution in [0.1, 0.15) is 102 Å². The first-order valence-corrected chi connectivity index (χ1v) is 17.6. The van der Waals surface area contributed by atoms with Crippen LogP contribution < -0.4 is 0 Å². The molecule has 4 aromatic rings.